The number of rotatable bonds is 6. The number of hydrogen-bond donors (Lipinski definition) is 1. The monoisotopic (exact) mass is 326 g/mol. The van der Waals surface area contributed by atoms with Gasteiger partial charge in [0.05, 0.1) is 5.92 Å². The minimum absolute atomic E-state index is 0.164. The molecule has 3 nitrogen and oxygen atoms in total. The largest absolute Gasteiger partial charge is 0.355 e. The number of amides is 1. The van der Waals surface area contributed by atoms with Crippen LogP contribution in [0.15, 0.2) is 24.3 Å². The second-order valence-corrected chi connectivity index (χ2v) is 7.05. The summed E-state index contributed by atoms with van der Waals surface area (Å²) in [5.74, 6) is 2.18. The lowest BCUT2D eigenvalue weighted by Crippen LogP contribution is -2.41. The summed E-state index contributed by atoms with van der Waals surface area (Å²) in [5.41, 5.74) is 1.16. The van der Waals surface area contributed by atoms with Gasteiger partial charge >= 0.3 is 0 Å². The van der Waals surface area contributed by atoms with E-state index in [1.807, 2.05) is 24.3 Å². The van der Waals surface area contributed by atoms with Gasteiger partial charge in [-0.3, -0.25) is 4.79 Å². The predicted molar refractivity (Wildman–Crippen MR) is 90.8 cm³/mol. The molecule has 0 bridgehead atoms. The molecule has 1 aromatic rings. The molecule has 21 heavy (non-hydrogen) atoms. The van der Waals surface area contributed by atoms with Crippen LogP contribution in [0.1, 0.15) is 18.4 Å². The van der Waals surface area contributed by atoms with Crippen LogP contribution in [0.2, 0.25) is 5.02 Å². The summed E-state index contributed by atoms with van der Waals surface area (Å²) in [5, 5.41) is 3.87. The van der Waals surface area contributed by atoms with Crippen molar-refractivity contribution in [2.24, 2.45) is 5.92 Å². The summed E-state index contributed by atoms with van der Waals surface area (Å²) in [6.07, 6.45) is 2.14. The van der Waals surface area contributed by atoms with Crippen LogP contribution < -0.4 is 5.32 Å². The van der Waals surface area contributed by atoms with E-state index in [-0.39, 0.29) is 11.8 Å². The lowest BCUT2D eigenvalue weighted by Gasteiger charge is -2.28. The van der Waals surface area contributed by atoms with Crippen molar-refractivity contribution >= 4 is 29.3 Å². The summed E-state index contributed by atoms with van der Waals surface area (Å²) >= 11 is 7.92. The van der Waals surface area contributed by atoms with Crippen molar-refractivity contribution in [3.05, 3.63) is 34.9 Å². The van der Waals surface area contributed by atoms with Crippen LogP contribution in [-0.2, 0) is 10.5 Å². The zero-order chi connectivity index (χ0) is 15.1. The maximum atomic E-state index is 12.1. The number of carbonyl (C=O) groups excluding carboxylic acids is 1. The molecule has 1 aromatic carbocycles. The summed E-state index contributed by atoms with van der Waals surface area (Å²) in [7, 11) is 2.08. The molecule has 0 radical (unpaired) electrons. The van der Waals surface area contributed by atoms with Gasteiger partial charge in [-0.15, -0.1) is 0 Å². The minimum Gasteiger partial charge on any atom is -0.355 e. The molecule has 1 heterocycles. The zero-order valence-electron chi connectivity index (χ0n) is 12.5. The molecule has 0 aliphatic carbocycles. The number of thioether (sulfide) groups is 1. The highest BCUT2D eigenvalue weighted by Gasteiger charge is 2.23. The van der Waals surface area contributed by atoms with Crippen molar-refractivity contribution in [1.82, 2.24) is 10.2 Å². The quantitative estimate of drug-likeness (QED) is 0.816. The Hall–Kier alpha value is -0.710. The number of halogens is 1. The molecule has 1 amide bonds. The Kier molecular flexibility index (Phi) is 6.87. The van der Waals surface area contributed by atoms with Crippen LogP contribution in [0.25, 0.3) is 0 Å². The number of hydrogen-bond acceptors (Lipinski definition) is 3. The number of nitrogens with one attached hydrogen (secondary N) is 1. The summed E-state index contributed by atoms with van der Waals surface area (Å²) in [6.45, 7) is 2.73. The molecule has 0 spiro atoms. The van der Waals surface area contributed by atoms with Gasteiger partial charge in [-0.05, 0) is 38.1 Å². The standard InChI is InChI=1S/C16H23ClN2OS/c1-19-9-4-6-13(11-19)16(20)18-8-10-21-12-14-5-2-3-7-15(14)17/h2-3,5,7,13H,4,6,8-12H2,1H3,(H,18,20)/t13-/m1/s1. The summed E-state index contributed by atoms with van der Waals surface area (Å²) < 4.78 is 0. The van der Waals surface area contributed by atoms with Crippen molar-refractivity contribution in [2.45, 2.75) is 18.6 Å². The van der Waals surface area contributed by atoms with Gasteiger partial charge in [0.2, 0.25) is 5.91 Å². The predicted octanol–water partition coefficient (Wildman–Crippen LogP) is 3.03. The van der Waals surface area contributed by atoms with Gasteiger partial charge in [0.15, 0.2) is 0 Å². The highest BCUT2D eigenvalue weighted by molar-refractivity contribution is 7.98. The molecular weight excluding hydrogens is 304 g/mol. The fraction of sp³-hybridized carbons (Fsp3) is 0.562. The third-order valence-electron chi connectivity index (χ3n) is 3.76. The maximum absolute atomic E-state index is 12.1. The highest BCUT2D eigenvalue weighted by atomic mass is 35.5. The van der Waals surface area contributed by atoms with Crippen LogP contribution in [0, 0.1) is 5.92 Å². The van der Waals surface area contributed by atoms with Crippen LogP contribution in [0.5, 0.6) is 0 Å². The van der Waals surface area contributed by atoms with E-state index in [4.69, 9.17) is 11.6 Å². The average molecular weight is 327 g/mol. The van der Waals surface area contributed by atoms with Gasteiger partial charge in [0.1, 0.15) is 0 Å². The van der Waals surface area contributed by atoms with E-state index in [0.717, 1.165) is 54.6 Å². The molecule has 1 fully saturated rings. The van der Waals surface area contributed by atoms with Crippen molar-refractivity contribution in [2.75, 3.05) is 32.4 Å². The number of carbonyl (C=O) groups is 1. The molecule has 1 atom stereocenters. The Bertz CT molecular complexity index is 469. The number of piperidine rings is 1. The Balaban J connectivity index is 1.61. The van der Waals surface area contributed by atoms with E-state index in [0.29, 0.717) is 0 Å². The fourth-order valence-electron chi connectivity index (χ4n) is 2.57. The first kappa shape index (κ1) is 16.7. The van der Waals surface area contributed by atoms with Crippen LogP contribution in [0.4, 0.5) is 0 Å². The van der Waals surface area contributed by atoms with Gasteiger partial charge in [-0.25, -0.2) is 0 Å². The second-order valence-electron chi connectivity index (χ2n) is 5.54. The smallest absolute Gasteiger partial charge is 0.224 e. The zero-order valence-corrected chi connectivity index (χ0v) is 14.1. The van der Waals surface area contributed by atoms with E-state index in [2.05, 4.69) is 17.3 Å². The molecule has 1 N–H and O–H groups in total. The van der Waals surface area contributed by atoms with Crippen LogP contribution in [-0.4, -0.2) is 43.2 Å². The molecular formula is C16H23ClN2OS. The van der Waals surface area contributed by atoms with E-state index >= 15 is 0 Å². The lowest BCUT2D eigenvalue weighted by molar-refractivity contribution is -0.126. The van der Waals surface area contributed by atoms with Crippen molar-refractivity contribution in [1.29, 1.82) is 0 Å². The van der Waals surface area contributed by atoms with Crippen LogP contribution >= 0.6 is 23.4 Å². The molecule has 1 aliphatic heterocycles. The third kappa shape index (κ3) is 5.53. The molecule has 5 heteroatoms. The topological polar surface area (TPSA) is 32.3 Å². The molecule has 2 rings (SSSR count). The Morgan fingerprint density at radius 3 is 3.05 bits per heavy atom. The molecule has 116 valence electrons. The first-order chi connectivity index (χ1) is 10.2. The Morgan fingerprint density at radius 2 is 2.29 bits per heavy atom. The van der Waals surface area contributed by atoms with Crippen LogP contribution in [0.3, 0.4) is 0 Å². The number of benzene rings is 1. The number of likely N-dealkylation sites (tertiary alicyclic amines) is 1. The SMILES string of the molecule is CN1CCC[C@@H](C(=O)NCCSCc2ccccc2Cl)C1. The van der Waals surface area contributed by atoms with E-state index in [1.165, 1.54) is 0 Å². The van der Waals surface area contributed by atoms with E-state index in [1.54, 1.807) is 11.8 Å². The van der Waals surface area contributed by atoms with E-state index in [9.17, 15) is 4.79 Å². The van der Waals surface area contributed by atoms with Gasteiger partial charge in [0.25, 0.3) is 0 Å². The third-order valence-corrected chi connectivity index (χ3v) is 5.13. The Morgan fingerprint density at radius 1 is 1.48 bits per heavy atom. The molecule has 0 saturated carbocycles. The minimum atomic E-state index is 0.164. The molecule has 0 unspecified atom stereocenters. The second kappa shape index (κ2) is 8.66. The van der Waals surface area contributed by atoms with E-state index < -0.39 is 0 Å². The fourth-order valence-corrected chi connectivity index (χ4v) is 3.71. The molecule has 0 aromatic heterocycles. The van der Waals surface area contributed by atoms with Crippen molar-refractivity contribution < 1.29 is 4.79 Å². The first-order valence-electron chi connectivity index (χ1n) is 7.44. The summed E-state index contributed by atoms with van der Waals surface area (Å²) in [4.78, 5) is 14.3. The number of nitrogens with zero attached hydrogens (tertiary/aromatic N) is 1. The van der Waals surface area contributed by atoms with Gasteiger partial charge in [-0.1, -0.05) is 29.8 Å². The maximum Gasteiger partial charge on any atom is 0.224 e. The average Bonchev–Trinajstić information content (AvgIpc) is 2.48. The normalized spacial score (nSPS) is 19.4. The van der Waals surface area contributed by atoms with Gasteiger partial charge in [0, 0.05) is 29.6 Å². The van der Waals surface area contributed by atoms with Gasteiger partial charge < -0.3 is 10.2 Å². The highest BCUT2D eigenvalue weighted by Crippen LogP contribution is 2.20. The Labute approximate surface area is 136 Å². The first-order valence-corrected chi connectivity index (χ1v) is 8.97. The molecule has 1 aliphatic rings. The van der Waals surface area contributed by atoms with Crippen molar-refractivity contribution in [3.63, 3.8) is 0 Å². The molecule has 1 saturated heterocycles. The van der Waals surface area contributed by atoms with Gasteiger partial charge in [-0.2, -0.15) is 11.8 Å². The summed E-state index contributed by atoms with van der Waals surface area (Å²) in [6, 6.07) is 7.91. The lowest BCUT2D eigenvalue weighted by atomic mass is 9.98. The van der Waals surface area contributed by atoms with Crippen molar-refractivity contribution in [3.8, 4) is 0 Å².